The molecule has 0 spiro atoms. The molecule has 2 rings (SSSR count). The van der Waals surface area contributed by atoms with Gasteiger partial charge in [0.05, 0.1) is 4.92 Å². The molecule has 0 radical (unpaired) electrons. The molecule has 0 bridgehead atoms. The van der Waals surface area contributed by atoms with Gasteiger partial charge >= 0.3 is 0 Å². The van der Waals surface area contributed by atoms with E-state index in [0.29, 0.717) is 12.1 Å². The third kappa shape index (κ3) is 4.22. The Morgan fingerprint density at radius 1 is 1.29 bits per heavy atom. The Balaban J connectivity index is 2.20. The predicted octanol–water partition coefficient (Wildman–Crippen LogP) is 5.08. The van der Waals surface area contributed by atoms with Crippen molar-refractivity contribution in [2.75, 3.05) is 11.1 Å². The molecule has 0 aliphatic rings. The van der Waals surface area contributed by atoms with Crippen LogP contribution >= 0.6 is 27.7 Å². The van der Waals surface area contributed by atoms with Crippen molar-refractivity contribution in [2.24, 2.45) is 0 Å². The molecule has 0 saturated heterocycles. The third-order valence-electron chi connectivity index (χ3n) is 2.89. The fourth-order valence-corrected chi connectivity index (χ4v) is 3.15. The summed E-state index contributed by atoms with van der Waals surface area (Å²) >= 11 is 5.10. The highest BCUT2D eigenvalue weighted by molar-refractivity contribution is 9.10. The van der Waals surface area contributed by atoms with E-state index in [9.17, 15) is 10.1 Å². The summed E-state index contributed by atoms with van der Waals surface area (Å²) in [6.07, 6.45) is 0. The van der Waals surface area contributed by atoms with Gasteiger partial charge in [0.15, 0.2) is 0 Å². The van der Waals surface area contributed by atoms with E-state index >= 15 is 0 Å². The summed E-state index contributed by atoms with van der Waals surface area (Å²) in [5.74, 6) is 0.982. The second kappa shape index (κ2) is 7.47. The van der Waals surface area contributed by atoms with Gasteiger partial charge in [0.1, 0.15) is 0 Å². The Hall–Kier alpha value is -1.53. The van der Waals surface area contributed by atoms with E-state index in [2.05, 4.69) is 28.2 Å². The van der Waals surface area contributed by atoms with Crippen molar-refractivity contribution in [1.82, 2.24) is 0 Å². The van der Waals surface area contributed by atoms with Crippen LogP contribution in [0.5, 0.6) is 0 Å². The molecule has 0 fully saturated rings. The lowest BCUT2D eigenvalue weighted by molar-refractivity contribution is -0.385. The van der Waals surface area contributed by atoms with Crippen molar-refractivity contribution in [3.8, 4) is 0 Å². The zero-order valence-corrected chi connectivity index (χ0v) is 13.9. The maximum absolute atomic E-state index is 11.1. The Morgan fingerprint density at radius 2 is 2.05 bits per heavy atom. The fourth-order valence-electron chi connectivity index (χ4n) is 1.96. The van der Waals surface area contributed by atoms with Crippen molar-refractivity contribution in [1.29, 1.82) is 0 Å². The lowest BCUT2D eigenvalue weighted by atomic mass is 10.2. The van der Waals surface area contributed by atoms with Crippen molar-refractivity contribution in [2.45, 2.75) is 18.4 Å². The summed E-state index contributed by atoms with van der Waals surface area (Å²) < 4.78 is 0.834. The summed E-state index contributed by atoms with van der Waals surface area (Å²) in [5, 5.41) is 14.4. The number of nitro benzene ring substituents is 1. The van der Waals surface area contributed by atoms with Gasteiger partial charge in [-0.1, -0.05) is 35.0 Å². The van der Waals surface area contributed by atoms with Crippen molar-refractivity contribution >= 4 is 39.1 Å². The summed E-state index contributed by atoms with van der Waals surface area (Å²) in [5.41, 5.74) is 1.79. The maximum atomic E-state index is 11.1. The quantitative estimate of drug-likeness (QED) is 0.439. The Labute approximate surface area is 136 Å². The van der Waals surface area contributed by atoms with Gasteiger partial charge in [-0.2, -0.15) is 0 Å². The highest BCUT2D eigenvalue weighted by Crippen LogP contribution is 2.29. The highest BCUT2D eigenvalue weighted by atomic mass is 79.9. The molecule has 0 atom stereocenters. The van der Waals surface area contributed by atoms with Crippen LogP contribution in [0.25, 0.3) is 0 Å². The van der Waals surface area contributed by atoms with E-state index in [1.807, 2.05) is 24.3 Å². The molecule has 4 nitrogen and oxygen atoms in total. The molecule has 0 heterocycles. The second-order valence-electron chi connectivity index (χ2n) is 4.31. The smallest absolute Gasteiger partial charge is 0.274 e. The maximum Gasteiger partial charge on any atom is 0.274 e. The molecule has 21 heavy (non-hydrogen) atoms. The number of halogens is 1. The van der Waals surface area contributed by atoms with E-state index in [1.54, 1.807) is 23.9 Å². The normalized spacial score (nSPS) is 10.4. The molecular weight excluding hydrogens is 352 g/mol. The Morgan fingerprint density at radius 3 is 2.76 bits per heavy atom. The van der Waals surface area contributed by atoms with Crippen LogP contribution < -0.4 is 5.32 Å². The fraction of sp³-hybridized carbons (Fsp3) is 0.200. The predicted molar refractivity (Wildman–Crippen MR) is 91.0 cm³/mol. The zero-order chi connectivity index (χ0) is 15.2. The van der Waals surface area contributed by atoms with Crippen LogP contribution in [0.2, 0.25) is 0 Å². The Bertz CT molecular complexity index is 649. The number of nitro groups is 1. The van der Waals surface area contributed by atoms with Crippen LogP contribution in [0.4, 0.5) is 11.4 Å². The number of nitrogens with one attached hydrogen (secondary N) is 1. The van der Waals surface area contributed by atoms with Gasteiger partial charge in [-0.25, -0.2) is 0 Å². The SMILES string of the molecule is CCSc1ccccc1NCc1cc(Br)ccc1[N+](=O)[O-]. The number of anilines is 1. The largest absolute Gasteiger partial charge is 0.380 e. The molecule has 0 unspecified atom stereocenters. The van der Waals surface area contributed by atoms with Gasteiger partial charge in [-0.05, 0) is 30.0 Å². The summed E-state index contributed by atoms with van der Waals surface area (Å²) in [6.45, 7) is 2.51. The minimum atomic E-state index is -0.351. The average molecular weight is 367 g/mol. The average Bonchev–Trinajstić information content (AvgIpc) is 2.46. The molecule has 6 heteroatoms. The molecule has 0 amide bonds. The number of para-hydroxylation sites is 1. The van der Waals surface area contributed by atoms with Crippen LogP contribution in [0.15, 0.2) is 51.8 Å². The number of rotatable bonds is 6. The highest BCUT2D eigenvalue weighted by Gasteiger charge is 2.13. The molecule has 1 N–H and O–H groups in total. The second-order valence-corrected chi connectivity index (χ2v) is 6.53. The first-order valence-corrected chi connectivity index (χ1v) is 8.28. The van der Waals surface area contributed by atoms with E-state index in [-0.39, 0.29) is 10.6 Å². The van der Waals surface area contributed by atoms with Crippen molar-refractivity contribution in [3.05, 3.63) is 62.6 Å². The van der Waals surface area contributed by atoms with Gasteiger partial charge in [-0.3, -0.25) is 10.1 Å². The lowest BCUT2D eigenvalue weighted by Gasteiger charge is -2.11. The first-order valence-electron chi connectivity index (χ1n) is 6.50. The Kier molecular flexibility index (Phi) is 5.64. The molecule has 110 valence electrons. The first kappa shape index (κ1) is 15.9. The number of nitrogens with zero attached hydrogens (tertiary/aromatic N) is 1. The third-order valence-corrected chi connectivity index (χ3v) is 4.34. The van der Waals surface area contributed by atoms with Gasteiger partial charge < -0.3 is 5.32 Å². The summed E-state index contributed by atoms with van der Waals surface area (Å²) in [6, 6.07) is 13.0. The minimum absolute atomic E-state index is 0.131. The van der Waals surface area contributed by atoms with Gasteiger partial charge in [0.2, 0.25) is 0 Å². The van der Waals surface area contributed by atoms with E-state index in [0.717, 1.165) is 20.8 Å². The number of hydrogen-bond donors (Lipinski definition) is 1. The molecule has 0 saturated carbocycles. The lowest BCUT2D eigenvalue weighted by Crippen LogP contribution is -2.04. The number of benzene rings is 2. The minimum Gasteiger partial charge on any atom is -0.380 e. The van der Waals surface area contributed by atoms with Crippen molar-refractivity contribution in [3.63, 3.8) is 0 Å². The van der Waals surface area contributed by atoms with E-state index < -0.39 is 0 Å². The van der Waals surface area contributed by atoms with Gasteiger partial charge in [0, 0.05) is 33.2 Å². The van der Waals surface area contributed by atoms with Crippen molar-refractivity contribution < 1.29 is 4.92 Å². The van der Waals surface area contributed by atoms with Crippen LogP contribution in [0, 0.1) is 10.1 Å². The number of hydrogen-bond acceptors (Lipinski definition) is 4. The van der Waals surface area contributed by atoms with Crippen LogP contribution in [-0.2, 0) is 6.54 Å². The standard InChI is InChI=1S/C15H15BrN2O2S/c1-2-21-15-6-4-3-5-13(15)17-10-11-9-12(16)7-8-14(11)18(19)20/h3-9,17H,2,10H2,1H3. The monoisotopic (exact) mass is 366 g/mol. The molecule has 2 aromatic rings. The van der Waals surface area contributed by atoms with Crippen LogP contribution in [-0.4, -0.2) is 10.7 Å². The molecule has 0 aromatic heterocycles. The van der Waals surface area contributed by atoms with E-state index in [1.165, 1.54) is 6.07 Å². The van der Waals surface area contributed by atoms with Crippen LogP contribution in [0.3, 0.4) is 0 Å². The van der Waals surface area contributed by atoms with Crippen LogP contribution in [0.1, 0.15) is 12.5 Å². The van der Waals surface area contributed by atoms with Gasteiger partial charge in [-0.15, -0.1) is 11.8 Å². The summed E-state index contributed by atoms with van der Waals surface area (Å²) in [4.78, 5) is 11.9. The first-order chi connectivity index (χ1) is 10.1. The topological polar surface area (TPSA) is 55.2 Å². The van der Waals surface area contributed by atoms with E-state index in [4.69, 9.17) is 0 Å². The zero-order valence-electron chi connectivity index (χ0n) is 11.5. The molecule has 0 aliphatic heterocycles. The molecule has 2 aromatic carbocycles. The number of thioether (sulfide) groups is 1. The summed E-state index contributed by atoms with van der Waals surface area (Å²) in [7, 11) is 0. The molecule has 0 aliphatic carbocycles. The molecular formula is C15H15BrN2O2S. The van der Waals surface area contributed by atoms with Gasteiger partial charge in [0.25, 0.3) is 5.69 Å².